The first-order valence-electron chi connectivity index (χ1n) is 8.43. The van der Waals surface area contributed by atoms with Gasteiger partial charge in [0.2, 0.25) is 5.91 Å². The molecule has 0 aromatic carbocycles. The zero-order valence-electron chi connectivity index (χ0n) is 14.9. The van der Waals surface area contributed by atoms with Gasteiger partial charge in [-0.3, -0.25) is 14.5 Å². The van der Waals surface area contributed by atoms with Gasteiger partial charge in [0.15, 0.2) is 0 Å². The minimum absolute atomic E-state index is 0.236. The molecule has 0 bridgehead atoms. The Balaban J connectivity index is 1.68. The van der Waals surface area contributed by atoms with Crippen molar-refractivity contribution in [3.8, 4) is 11.4 Å². The van der Waals surface area contributed by atoms with Crippen LogP contribution in [0.25, 0.3) is 11.4 Å². The van der Waals surface area contributed by atoms with E-state index in [0.29, 0.717) is 5.92 Å². The smallest absolute Gasteiger partial charge is 0.227 e. The summed E-state index contributed by atoms with van der Waals surface area (Å²) in [7, 11) is 1.90. The normalized spacial score (nSPS) is 18.2. The first-order chi connectivity index (χ1) is 11.3. The summed E-state index contributed by atoms with van der Waals surface area (Å²) in [5.41, 5.74) is 2.46. The third-order valence-corrected chi connectivity index (χ3v) is 4.48. The maximum atomic E-state index is 12.4. The van der Waals surface area contributed by atoms with E-state index in [1.807, 2.05) is 45.0 Å². The third kappa shape index (κ3) is 3.47. The van der Waals surface area contributed by atoms with Crippen molar-refractivity contribution in [1.82, 2.24) is 24.6 Å². The van der Waals surface area contributed by atoms with E-state index in [4.69, 9.17) is 4.98 Å². The van der Waals surface area contributed by atoms with Gasteiger partial charge in [-0.2, -0.15) is 5.10 Å². The number of rotatable bonds is 3. The average molecular weight is 327 g/mol. The van der Waals surface area contributed by atoms with Crippen molar-refractivity contribution >= 4 is 5.91 Å². The number of hydrogen-bond donors (Lipinski definition) is 0. The molecule has 1 aliphatic rings. The Kier molecular flexibility index (Phi) is 4.39. The van der Waals surface area contributed by atoms with Crippen LogP contribution in [0, 0.1) is 11.3 Å². The molecule has 0 aliphatic carbocycles. The number of nitrogens with zero attached hydrogens (tertiary/aromatic N) is 5. The van der Waals surface area contributed by atoms with Gasteiger partial charge in [-0.25, -0.2) is 4.98 Å². The highest BCUT2D eigenvalue weighted by Crippen LogP contribution is 2.26. The molecule has 2 aromatic heterocycles. The molecular formula is C18H25N5O. The molecule has 2 aromatic rings. The molecule has 0 radical (unpaired) electrons. The summed E-state index contributed by atoms with van der Waals surface area (Å²) < 4.78 is 1.80. The fourth-order valence-corrected chi connectivity index (χ4v) is 3.21. The van der Waals surface area contributed by atoms with Crippen molar-refractivity contribution in [3.05, 3.63) is 30.4 Å². The van der Waals surface area contributed by atoms with Gasteiger partial charge < -0.3 is 4.90 Å². The molecule has 0 spiro atoms. The summed E-state index contributed by atoms with van der Waals surface area (Å²) in [6.07, 6.45) is 7.24. The van der Waals surface area contributed by atoms with E-state index in [1.54, 1.807) is 17.1 Å². The van der Waals surface area contributed by atoms with Gasteiger partial charge in [0, 0.05) is 37.9 Å². The van der Waals surface area contributed by atoms with E-state index in [-0.39, 0.29) is 11.3 Å². The van der Waals surface area contributed by atoms with Crippen LogP contribution >= 0.6 is 0 Å². The van der Waals surface area contributed by atoms with E-state index in [0.717, 1.165) is 43.0 Å². The predicted molar refractivity (Wildman–Crippen MR) is 92.1 cm³/mol. The lowest BCUT2D eigenvalue weighted by atomic mass is 9.95. The van der Waals surface area contributed by atoms with E-state index < -0.39 is 0 Å². The van der Waals surface area contributed by atoms with E-state index in [9.17, 15) is 4.79 Å². The first kappa shape index (κ1) is 16.6. The van der Waals surface area contributed by atoms with Crippen LogP contribution in [0.4, 0.5) is 0 Å². The summed E-state index contributed by atoms with van der Waals surface area (Å²) in [5, 5.41) is 4.18. The Hall–Kier alpha value is -2.24. The van der Waals surface area contributed by atoms with Gasteiger partial charge in [0.05, 0.1) is 17.6 Å². The molecule has 1 aliphatic heterocycles. The van der Waals surface area contributed by atoms with Gasteiger partial charge in [-0.1, -0.05) is 20.8 Å². The highest BCUT2D eigenvalue weighted by atomic mass is 16.2. The molecule has 3 rings (SSSR count). The molecule has 128 valence electrons. The number of hydrogen-bond acceptors (Lipinski definition) is 4. The Labute approximate surface area is 142 Å². The third-order valence-electron chi connectivity index (χ3n) is 4.48. The molecule has 1 atom stereocenters. The molecule has 3 heterocycles. The van der Waals surface area contributed by atoms with E-state index >= 15 is 0 Å². The molecule has 1 amide bonds. The summed E-state index contributed by atoms with van der Waals surface area (Å²) in [5.74, 6) is 0.687. The van der Waals surface area contributed by atoms with Crippen LogP contribution in [0.2, 0.25) is 0 Å². The zero-order valence-corrected chi connectivity index (χ0v) is 14.9. The summed E-state index contributed by atoms with van der Waals surface area (Å²) in [4.78, 5) is 23.5. The van der Waals surface area contributed by atoms with Crippen molar-refractivity contribution in [3.63, 3.8) is 0 Å². The second-order valence-electron chi connectivity index (χ2n) is 7.60. The first-order valence-corrected chi connectivity index (χ1v) is 8.43. The Bertz CT molecular complexity index is 731. The maximum Gasteiger partial charge on any atom is 0.227 e. The Morgan fingerprint density at radius 1 is 1.33 bits per heavy atom. The van der Waals surface area contributed by atoms with Crippen LogP contribution < -0.4 is 0 Å². The fraction of sp³-hybridized carbons (Fsp3) is 0.556. The summed E-state index contributed by atoms with van der Waals surface area (Å²) in [6, 6.07) is 1.94. The molecule has 24 heavy (non-hydrogen) atoms. The molecule has 6 heteroatoms. The SMILES string of the molecule is Cn1nccc1-c1cncc(C[C@@H]2CCN(C(=O)C(C)(C)C)C2)n1. The predicted octanol–water partition coefficient (Wildman–Crippen LogP) is 2.31. The largest absolute Gasteiger partial charge is 0.342 e. The number of amides is 1. The van der Waals surface area contributed by atoms with E-state index in [1.165, 1.54) is 0 Å². The van der Waals surface area contributed by atoms with Crippen LogP contribution in [0.15, 0.2) is 24.7 Å². The molecule has 1 fully saturated rings. The quantitative estimate of drug-likeness (QED) is 0.868. The van der Waals surface area contributed by atoms with Crippen LogP contribution in [0.3, 0.4) is 0 Å². The van der Waals surface area contributed by atoms with Gasteiger partial charge in [0.25, 0.3) is 0 Å². The minimum Gasteiger partial charge on any atom is -0.342 e. The molecule has 0 N–H and O–H groups in total. The summed E-state index contributed by atoms with van der Waals surface area (Å²) >= 11 is 0. The second-order valence-corrected chi connectivity index (χ2v) is 7.60. The Morgan fingerprint density at radius 3 is 2.79 bits per heavy atom. The van der Waals surface area contributed by atoms with Crippen LogP contribution in [-0.2, 0) is 18.3 Å². The number of aromatic nitrogens is 4. The van der Waals surface area contributed by atoms with Crippen LogP contribution in [0.1, 0.15) is 32.9 Å². The second kappa shape index (κ2) is 6.34. The zero-order chi connectivity index (χ0) is 17.3. The van der Waals surface area contributed by atoms with Gasteiger partial charge in [-0.05, 0) is 24.8 Å². The number of carbonyl (C=O) groups excluding carboxylic acids is 1. The topological polar surface area (TPSA) is 63.9 Å². The highest BCUT2D eigenvalue weighted by molar-refractivity contribution is 5.81. The van der Waals surface area contributed by atoms with Crippen molar-refractivity contribution in [2.75, 3.05) is 13.1 Å². The molecule has 0 unspecified atom stereocenters. The highest BCUT2D eigenvalue weighted by Gasteiger charge is 2.32. The number of likely N-dealkylation sites (tertiary alicyclic amines) is 1. The molecule has 6 nitrogen and oxygen atoms in total. The van der Waals surface area contributed by atoms with Crippen LogP contribution in [-0.4, -0.2) is 43.6 Å². The molecular weight excluding hydrogens is 302 g/mol. The maximum absolute atomic E-state index is 12.4. The lowest BCUT2D eigenvalue weighted by Crippen LogP contribution is -2.38. The summed E-state index contributed by atoms with van der Waals surface area (Å²) in [6.45, 7) is 7.59. The van der Waals surface area contributed by atoms with Crippen LogP contribution in [0.5, 0.6) is 0 Å². The van der Waals surface area contributed by atoms with Crippen molar-refractivity contribution in [2.45, 2.75) is 33.6 Å². The number of carbonyl (C=O) groups is 1. The lowest BCUT2D eigenvalue weighted by molar-refractivity contribution is -0.138. The van der Waals surface area contributed by atoms with E-state index in [2.05, 4.69) is 10.1 Å². The van der Waals surface area contributed by atoms with Gasteiger partial charge in [0.1, 0.15) is 5.69 Å². The van der Waals surface area contributed by atoms with Crippen molar-refractivity contribution < 1.29 is 4.79 Å². The van der Waals surface area contributed by atoms with Crippen molar-refractivity contribution in [1.29, 1.82) is 0 Å². The lowest BCUT2D eigenvalue weighted by Gasteiger charge is -2.25. The fourth-order valence-electron chi connectivity index (χ4n) is 3.21. The monoisotopic (exact) mass is 327 g/mol. The molecule has 0 saturated carbocycles. The Morgan fingerprint density at radius 2 is 2.12 bits per heavy atom. The standard InChI is InChI=1S/C18H25N5O/c1-18(2,3)17(24)23-8-6-13(12-23)9-14-10-19-11-15(21-14)16-5-7-20-22(16)4/h5,7,10-11,13H,6,8-9,12H2,1-4H3/t13-/m0/s1. The average Bonchev–Trinajstić information content (AvgIpc) is 3.15. The minimum atomic E-state index is -0.311. The van der Waals surface area contributed by atoms with Gasteiger partial charge >= 0.3 is 0 Å². The number of aryl methyl sites for hydroxylation is 1. The van der Waals surface area contributed by atoms with Gasteiger partial charge in [-0.15, -0.1) is 0 Å². The van der Waals surface area contributed by atoms with Crippen molar-refractivity contribution in [2.24, 2.45) is 18.4 Å². The molecule has 1 saturated heterocycles.